The van der Waals surface area contributed by atoms with Gasteiger partial charge in [0.15, 0.2) is 0 Å². The fourth-order valence-electron chi connectivity index (χ4n) is 1.30. The van der Waals surface area contributed by atoms with E-state index in [1.54, 1.807) is 0 Å². The van der Waals surface area contributed by atoms with Crippen molar-refractivity contribution in [3.63, 3.8) is 0 Å². The largest absolute Gasteiger partial charge is 0.352 e. The zero-order valence-electron chi connectivity index (χ0n) is 8.63. The first-order valence-electron chi connectivity index (χ1n) is 4.76. The van der Waals surface area contributed by atoms with Crippen LogP contribution in [0.2, 0.25) is 0 Å². The van der Waals surface area contributed by atoms with Crippen molar-refractivity contribution < 1.29 is 4.79 Å². The van der Waals surface area contributed by atoms with Crippen LogP contribution in [0.5, 0.6) is 0 Å². The van der Waals surface area contributed by atoms with Crippen LogP contribution in [0.1, 0.15) is 28.4 Å². The van der Waals surface area contributed by atoms with Crippen molar-refractivity contribution >= 4 is 5.91 Å². The van der Waals surface area contributed by atoms with E-state index < -0.39 is 0 Å². The monoisotopic (exact) mass is 192 g/mol. The molecule has 0 bridgehead atoms. The Balaban J connectivity index is 2.99. The molecule has 76 valence electrons. The van der Waals surface area contributed by atoms with Crippen molar-refractivity contribution in [2.45, 2.75) is 20.4 Å². The first-order chi connectivity index (χ1) is 6.69. The number of amides is 1. The molecule has 0 aliphatic carbocycles. The molecular weight excluding hydrogens is 176 g/mol. The van der Waals surface area contributed by atoms with E-state index >= 15 is 0 Å². The lowest BCUT2D eigenvalue weighted by molar-refractivity contribution is 0.0955. The van der Waals surface area contributed by atoms with E-state index in [2.05, 4.69) is 5.32 Å². The molecule has 0 atom stereocenters. The topological polar surface area (TPSA) is 55.1 Å². The van der Waals surface area contributed by atoms with E-state index in [0.29, 0.717) is 13.1 Å². The van der Waals surface area contributed by atoms with E-state index in [1.165, 1.54) is 0 Å². The highest BCUT2D eigenvalue weighted by atomic mass is 16.1. The second-order valence-electron chi connectivity index (χ2n) is 3.21. The van der Waals surface area contributed by atoms with Crippen LogP contribution < -0.4 is 11.1 Å². The lowest BCUT2D eigenvalue weighted by atomic mass is 10.0. The predicted molar refractivity (Wildman–Crippen MR) is 57.1 cm³/mol. The van der Waals surface area contributed by atoms with Gasteiger partial charge in [0.2, 0.25) is 0 Å². The van der Waals surface area contributed by atoms with Gasteiger partial charge >= 0.3 is 0 Å². The summed E-state index contributed by atoms with van der Waals surface area (Å²) in [6, 6.07) is 5.71. The Morgan fingerprint density at radius 1 is 1.50 bits per heavy atom. The van der Waals surface area contributed by atoms with Gasteiger partial charge in [-0.05, 0) is 31.0 Å². The maximum Gasteiger partial charge on any atom is 0.251 e. The summed E-state index contributed by atoms with van der Waals surface area (Å²) in [6.07, 6.45) is 0. The number of aryl methyl sites for hydroxylation is 1. The lowest BCUT2D eigenvalue weighted by Crippen LogP contribution is -2.23. The average molecular weight is 192 g/mol. The van der Waals surface area contributed by atoms with Gasteiger partial charge in [0.1, 0.15) is 0 Å². The summed E-state index contributed by atoms with van der Waals surface area (Å²) in [5, 5.41) is 2.77. The Morgan fingerprint density at radius 3 is 2.79 bits per heavy atom. The first-order valence-corrected chi connectivity index (χ1v) is 4.76. The predicted octanol–water partition coefficient (Wildman–Crippen LogP) is 1.20. The molecule has 14 heavy (non-hydrogen) atoms. The van der Waals surface area contributed by atoms with Crippen LogP contribution >= 0.6 is 0 Å². The van der Waals surface area contributed by atoms with Crippen molar-refractivity contribution in [3.8, 4) is 0 Å². The van der Waals surface area contributed by atoms with Crippen molar-refractivity contribution in [3.05, 3.63) is 34.9 Å². The fraction of sp³-hybridized carbons (Fsp3) is 0.364. The summed E-state index contributed by atoms with van der Waals surface area (Å²) in [4.78, 5) is 11.6. The highest BCUT2D eigenvalue weighted by Crippen LogP contribution is 2.10. The minimum Gasteiger partial charge on any atom is -0.352 e. The van der Waals surface area contributed by atoms with Gasteiger partial charge < -0.3 is 11.1 Å². The lowest BCUT2D eigenvalue weighted by Gasteiger charge is -2.07. The maximum absolute atomic E-state index is 11.6. The third-order valence-corrected chi connectivity index (χ3v) is 2.12. The number of rotatable bonds is 3. The van der Waals surface area contributed by atoms with Gasteiger partial charge in [-0.25, -0.2) is 0 Å². The van der Waals surface area contributed by atoms with Crippen LogP contribution in [0.15, 0.2) is 18.2 Å². The second kappa shape index (κ2) is 4.77. The molecule has 0 heterocycles. The standard InChI is InChI=1S/C11H16N2O/c1-3-13-11(14)10-6-9(7-12)5-4-8(10)2/h4-6H,3,7,12H2,1-2H3,(H,13,14). The summed E-state index contributed by atoms with van der Waals surface area (Å²) in [7, 11) is 0. The molecule has 0 aliphatic rings. The second-order valence-corrected chi connectivity index (χ2v) is 3.21. The quantitative estimate of drug-likeness (QED) is 0.756. The molecule has 0 saturated heterocycles. The maximum atomic E-state index is 11.6. The Bertz CT molecular complexity index is 334. The Hall–Kier alpha value is -1.35. The molecule has 1 rings (SSSR count). The minimum absolute atomic E-state index is 0.0275. The molecule has 0 unspecified atom stereocenters. The molecular formula is C11H16N2O. The molecule has 0 aliphatic heterocycles. The number of hydrogen-bond donors (Lipinski definition) is 2. The third kappa shape index (κ3) is 2.33. The summed E-state index contributed by atoms with van der Waals surface area (Å²) >= 11 is 0. The summed E-state index contributed by atoms with van der Waals surface area (Å²) in [5.74, 6) is -0.0275. The molecule has 0 saturated carbocycles. The fourth-order valence-corrected chi connectivity index (χ4v) is 1.30. The smallest absolute Gasteiger partial charge is 0.251 e. The van der Waals surface area contributed by atoms with Crippen molar-refractivity contribution in [1.29, 1.82) is 0 Å². The number of hydrogen-bond acceptors (Lipinski definition) is 2. The van der Waals surface area contributed by atoms with Gasteiger partial charge in [0.05, 0.1) is 0 Å². The highest BCUT2D eigenvalue weighted by molar-refractivity contribution is 5.95. The summed E-state index contributed by atoms with van der Waals surface area (Å²) in [5.41, 5.74) is 8.19. The van der Waals surface area contributed by atoms with E-state index in [4.69, 9.17) is 5.73 Å². The van der Waals surface area contributed by atoms with Gasteiger partial charge in [0, 0.05) is 18.7 Å². The van der Waals surface area contributed by atoms with Gasteiger partial charge in [0.25, 0.3) is 5.91 Å². The summed E-state index contributed by atoms with van der Waals surface area (Å²) in [6.45, 7) is 4.93. The van der Waals surface area contributed by atoms with Crippen molar-refractivity contribution in [2.75, 3.05) is 6.54 Å². The number of carbonyl (C=O) groups excluding carboxylic acids is 1. The van der Waals surface area contributed by atoms with Gasteiger partial charge in [-0.2, -0.15) is 0 Å². The molecule has 1 aromatic rings. The molecule has 0 spiro atoms. The van der Waals surface area contributed by atoms with Crippen LogP contribution in [0, 0.1) is 6.92 Å². The molecule has 1 amide bonds. The first kappa shape index (κ1) is 10.7. The van der Waals surface area contributed by atoms with E-state index in [0.717, 1.165) is 16.7 Å². The zero-order valence-corrected chi connectivity index (χ0v) is 8.63. The summed E-state index contributed by atoms with van der Waals surface area (Å²) < 4.78 is 0. The van der Waals surface area contributed by atoms with E-state index in [-0.39, 0.29) is 5.91 Å². The Kier molecular flexibility index (Phi) is 3.65. The number of benzene rings is 1. The number of carbonyl (C=O) groups is 1. The van der Waals surface area contributed by atoms with Gasteiger partial charge in [-0.3, -0.25) is 4.79 Å². The molecule has 1 aromatic carbocycles. The molecule has 3 heteroatoms. The zero-order chi connectivity index (χ0) is 10.6. The van der Waals surface area contributed by atoms with Crippen LogP contribution in [0.3, 0.4) is 0 Å². The van der Waals surface area contributed by atoms with Crippen LogP contribution in [-0.4, -0.2) is 12.5 Å². The molecule has 3 nitrogen and oxygen atoms in total. The molecule has 0 aromatic heterocycles. The molecule has 3 N–H and O–H groups in total. The van der Waals surface area contributed by atoms with Crippen LogP contribution in [-0.2, 0) is 6.54 Å². The van der Waals surface area contributed by atoms with E-state index in [1.807, 2.05) is 32.0 Å². The van der Waals surface area contributed by atoms with Gasteiger partial charge in [-0.15, -0.1) is 0 Å². The van der Waals surface area contributed by atoms with Crippen LogP contribution in [0.25, 0.3) is 0 Å². The molecule has 0 fully saturated rings. The number of nitrogens with one attached hydrogen (secondary N) is 1. The van der Waals surface area contributed by atoms with Gasteiger partial charge in [-0.1, -0.05) is 12.1 Å². The van der Waals surface area contributed by atoms with Crippen molar-refractivity contribution in [2.24, 2.45) is 5.73 Å². The SMILES string of the molecule is CCNC(=O)c1cc(CN)ccc1C. The minimum atomic E-state index is -0.0275. The third-order valence-electron chi connectivity index (χ3n) is 2.12. The van der Waals surface area contributed by atoms with E-state index in [9.17, 15) is 4.79 Å². The Labute approximate surface area is 84.3 Å². The van der Waals surface area contributed by atoms with Crippen LogP contribution in [0.4, 0.5) is 0 Å². The Morgan fingerprint density at radius 2 is 2.21 bits per heavy atom. The normalized spacial score (nSPS) is 9.93. The molecule has 0 radical (unpaired) electrons. The average Bonchev–Trinajstić information content (AvgIpc) is 2.19. The highest BCUT2D eigenvalue weighted by Gasteiger charge is 2.07. The van der Waals surface area contributed by atoms with Crippen molar-refractivity contribution in [1.82, 2.24) is 5.32 Å². The number of nitrogens with two attached hydrogens (primary N) is 1.